The summed E-state index contributed by atoms with van der Waals surface area (Å²) in [4.78, 5) is 0. The van der Waals surface area contributed by atoms with Crippen LogP contribution >= 0.6 is 0 Å². The van der Waals surface area contributed by atoms with Gasteiger partial charge in [-0.3, -0.25) is 8.78 Å². The zero-order chi connectivity index (χ0) is 8.97. The van der Waals surface area contributed by atoms with Gasteiger partial charge in [0.1, 0.15) is 0 Å². The third kappa shape index (κ3) is 5.12. The largest absolute Gasteiger partial charge is 2.00 e. The van der Waals surface area contributed by atoms with Gasteiger partial charge >= 0.3 is 23.1 Å². The standard InChI is InChI=1S/C9H9F2O.BrH.Mg/c1-2-5-12-9-4-3-7(10)6-8(9)11;;/h3,6H,2,5H2,1H3;1H;/q-1;;+2/p-1. The van der Waals surface area contributed by atoms with Crippen LogP contribution in [0.25, 0.3) is 0 Å². The minimum absolute atomic E-state index is 0. The maximum absolute atomic E-state index is 12.8. The Morgan fingerprint density at radius 1 is 1.43 bits per heavy atom. The molecular weight excluding hydrogens is 266 g/mol. The van der Waals surface area contributed by atoms with Crippen molar-refractivity contribution in [3.63, 3.8) is 0 Å². The monoisotopic (exact) mass is 274 g/mol. The van der Waals surface area contributed by atoms with Crippen molar-refractivity contribution < 1.29 is 30.5 Å². The molecule has 1 aromatic carbocycles. The second-order valence-corrected chi connectivity index (χ2v) is 2.34. The molecule has 1 aromatic rings. The van der Waals surface area contributed by atoms with Crippen molar-refractivity contribution in [2.75, 3.05) is 6.61 Å². The van der Waals surface area contributed by atoms with Gasteiger partial charge in [-0.1, -0.05) is 13.0 Å². The Morgan fingerprint density at radius 2 is 2.07 bits per heavy atom. The van der Waals surface area contributed by atoms with Gasteiger partial charge in [0, 0.05) is 11.6 Å². The van der Waals surface area contributed by atoms with Gasteiger partial charge in [-0.15, -0.1) is 12.1 Å². The number of hydrogen-bond donors (Lipinski definition) is 0. The van der Waals surface area contributed by atoms with Gasteiger partial charge in [0.25, 0.3) is 0 Å². The smallest absolute Gasteiger partial charge is 1.00 e. The van der Waals surface area contributed by atoms with E-state index in [-0.39, 0.29) is 45.8 Å². The summed E-state index contributed by atoms with van der Waals surface area (Å²) in [6.45, 7) is 2.32. The number of halogens is 3. The van der Waals surface area contributed by atoms with E-state index >= 15 is 0 Å². The van der Waals surface area contributed by atoms with Crippen LogP contribution in [-0.2, 0) is 0 Å². The summed E-state index contributed by atoms with van der Waals surface area (Å²) < 4.78 is 30.1. The third-order valence-corrected chi connectivity index (χ3v) is 1.27. The molecule has 0 aromatic heterocycles. The quantitative estimate of drug-likeness (QED) is 0.517. The van der Waals surface area contributed by atoms with E-state index in [1.807, 2.05) is 6.92 Å². The molecule has 14 heavy (non-hydrogen) atoms. The average Bonchev–Trinajstić information content (AvgIpc) is 2.03. The van der Waals surface area contributed by atoms with Crippen molar-refractivity contribution in [3.05, 3.63) is 29.8 Å². The predicted molar refractivity (Wildman–Crippen MR) is 46.7 cm³/mol. The Bertz CT molecular complexity index is 271. The molecule has 0 aliphatic rings. The molecule has 0 N–H and O–H groups in total. The SMILES string of the molecule is CCCOc1[c-]cc(F)cc1F.[Br-].[Mg+2]. The first-order valence-corrected chi connectivity index (χ1v) is 3.73. The predicted octanol–water partition coefficient (Wildman–Crippen LogP) is -0.823. The van der Waals surface area contributed by atoms with Crippen molar-refractivity contribution in [1.29, 1.82) is 0 Å². The summed E-state index contributed by atoms with van der Waals surface area (Å²) in [6, 6.07) is 4.20. The fourth-order valence-electron chi connectivity index (χ4n) is 0.746. The Hall–Kier alpha value is 0.126. The fraction of sp³-hybridized carbons (Fsp3) is 0.333. The van der Waals surface area contributed by atoms with Crippen LogP contribution in [0.2, 0.25) is 0 Å². The first-order chi connectivity index (χ1) is 5.74. The molecule has 0 radical (unpaired) electrons. The molecule has 0 amide bonds. The molecule has 0 atom stereocenters. The molecule has 74 valence electrons. The van der Waals surface area contributed by atoms with Gasteiger partial charge in [-0.2, -0.15) is 0 Å². The Labute approximate surface area is 109 Å². The maximum Gasteiger partial charge on any atom is 2.00 e. The van der Waals surface area contributed by atoms with Crippen molar-refractivity contribution >= 4 is 23.1 Å². The minimum Gasteiger partial charge on any atom is -1.00 e. The summed E-state index contributed by atoms with van der Waals surface area (Å²) in [7, 11) is 0. The zero-order valence-corrected chi connectivity index (χ0v) is 10.8. The molecule has 0 fully saturated rings. The molecule has 0 heterocycles. The average molecular weight is 275 g/mol. The van der Waals surface area contributed by atoms with E-state index in [2.05, 4.69) is 6.07 Å². The van der Waals surface area contributed by atoms with Crippen LogP contribution in [0.1, 0.15) is 13.3 Å². The molecule has 0 aliphatic heterocycles. The first-order valence-electron chi connectivity index (χ1n) is 3.73. The van der Waals surface area contributed by atoms with Gasteiger partial charge in [0.2, 0.25) is 0 Å². The maximum atomic E-state index is 12.8. The van der Waals surface area contributed by atoms with Crippen LogP contribution in [-0.4, -0.2) is 29.7 Å². The molecular formula is C9H9BrF2MgO. The number of rotatable bonds is 3. The fourth-order valence-corrected chi connectivity index (χ4v) is 0.746. The second kappa shape index (κ2) is 8.44. The number of benzene rings is 1. The van der Waals surface area contributed by atoms with Gasteiger partial charge in [0.15, 0.2) is 0 Å². The molecule has 0 aliphatic carbocycles. The minimum atomic E-state index is -0.705. The molecule has 0 unspecified atom stereocenters. The summed E-state index contributed by atoms with van der Waals surface area (Å²) in [5.74, 6) is -1.36. The van der Waals surface area contributed by atoms with Crippen LogP contribution in [0.3, 0.4) is 0 Å². The van der Waals surface area contributed by atoms with E-state index in [4.69, 9.17) is 4.74 Å². The normalized spacial score (nSPS) is 8.50. The molecule has 0 bridgehead atoms. The topological polar surface area (TPSA) is 9.23 Å². The van der Waals surface area contributed by atoms with Crippen LogP contribution < -0.4 is 21.7 Å². The van der Waals surface area contributed by atoms with Crippen molar-refractivity contribution in [1.82, 2.24) is 0 Å². The molecule has 0 spiro atoms. The summed E-state index contributed by atoms with van der Waals surface area (Å²) in [5, 5.41) is 0. The first kappa shape index (κ1) is 16.6. The van der Waals surface area contributed by atoms with E-state index in [1.165, 1.54) is 0 Å². The molecule has 1 rings (SSSR count). The summed E-state index contributed by atoms with van der Waals surface area (Å²) >= 11 is 0. The number of hydrogen-bond acceptors (Lipinski definition) is 1. The van der Waals surface area contributed by atoms with Crippen LogP contribution in [0.15, 0.2) is 12.1 Å². The summed E-state index contributed by atoms with van der Waals surface area (Å²) in [6.07, 6.45) is 0.782. The number of ether oxygens (including phenoxy) is 1. The summed E-state index contributed by atoms with van der Waals surface area (Å²) in [5.41, 5.74) is 0. The zero-order valence-electron chi connectivity index (χ0n) is 7.82. The van der Waals surface area contributed by atoms with Crippen LogP contribution in [0.4, 0.5) is 8.78 Å². The molecule has 0 saturated heterocycles. The Balaban J connectivity index is 0. The van der Waals surface area contributed by atoms with Gasteiger partial charge < -0.3 is 21.7 Å². The van der Waals surface area contributed by atoms with Crippen LogP contribution in [0, 0.1) is 17.7 Å². The van der Waals surface area contributed by atoms with E-state index in [0.29, 0.717) is 6.61 Å². The van der Waals surface area contributed by atoms with Crippen molar-refractivity contribution in [2.24, 2.45) is 0 Å². The molecule has 0 saturated carbocycles. The van der Waals surface area contributed by atoms with Crippen molar-refractivity contribution in [2.45, 2.75) is 13.3 Å². The van der Waals surface area contributed by atoms with Crippen molar-refractivity contribution in [3.8, 4) is 5.75 Å². The Morgan fingerprint density at radius 3 is 2.57 bits per heavy atom. The van der Waals surface area contributed by atoms with Gasteiger partial charge in [-0.25, -0.2) is 0 Å². The van der Waals surface area contributed by atoms with E-state index < -0.39 is 11.6 Å². The molecule has 1 nitrogen and oxygen atoms in total. The van der Waals surface area contributed by atoms with Gasteiger partial charge in [0.05, 0.1) is 12.4 Å². The third-order valence-electron chi connectivity index (χ3n) is 1.27. The van der Waals surface area contributed by atoms with Gasteiger partial charge in [-0.05, 0) is 6.42 Å². The Kier molecular flexibility index (Phi) is 9.97. The van der Waals surface area contributed by atoms with Crippen LogP contribution in [0.5, 0.6) is 5.75 Å². The second-order valence-electron chi connectivity index (χ2n) is 2.34. The molecule has 5 heteroatoms. The van der Waals surface area contributed by atoms with E-state index in [9.17, 15) is 8.78 Å². The van der Waals surface area contributed by atoms with E-state index in [0.717, 1.165) is 18.6 Å². The van der Waals surface area contributed by atoms with E-state index in [1.54, 1.807) is 0 Å².